The van der Waals surface area contributed by atoms with Gasteiger partial charge in [-0.3, -0.25) is 9.78 Å². The van der Waals surface area contributed by atoms with Crippen LogP contribution in [0.4, 0.5) is 0 Å². The fraction of sp³-hybridized carbons (Fsp3) is 0.0769. The van der Waals surface area contributed by atoms with E-state index in [1.54, 1.807) is 36.7 Å². The summed E-state index contributed by atoms with van der Waals surface area (Å²) in [6.07, 6.45) is 3.44. The topological polar surface area (TPSA) is 65.2 Å². The Balaban J connectivity index is 2.04. The van der Waals surface area contributed by atoms with Gasteiger partial charge < -0.3 is 10.5 Å². The Labute approximate surface area is 99.1 Å². The lowest BCUT2D eigenvalue weighted by atomic mass is 10.2. The first-order valence-corrected chi connectivity index (χ1v) is 5.17. The van der Waals surface area contributed by atoms with Crippen molar-refractivity contribution in [2.24, 2.45) is 5.73 Å². The Bertz CT molecular complexity index is 512. The van der Waals surface area contributed by atoms with Crippen LogP contribution in [0.25, 0.3) is 0 Å². The van der Waals surface area contributed by atoms with Crippen molar-refractivity contribution in [2.45, 2.75) is 6.61 Å². The van der Waals surface area contributed by atoms with Gasteiger partial charge in [0.2, 0.25) is 5.91 Å². The number of aromatic nitrogens is 1. The first kappa shape index (κ1) is 11.1. The Morgan fingerprint density at radius 2 is 2.18 bits per heavy atom. The van der Waals surface area contributed by atoms with Crippen molar-refractivity contribution in [3.63, 3.8) is 0 Å². The van der Waals surface area contributed by atoms with Crippen molar-refractivity contribution in [2.75, 3.05) is 0 Å². The summed E-state index contributed by atoms with van der Waals surface area (Å²) in [6, 6.07) is 10.6. The van der Waals surface area contributed by atoms with Crippen LogP contribution in [0.3, 0.4) is 0 Å². The lowest BCUT2D eigenvalue weighted by Gasteiger charge is -2.06. The number of nitrogens with two attached hydrogens (primary N) is 1. The van der Waals surface area contributed by atoms with Crippen LogP contribution in [0.15, 0.2) is 48.8 Å². The molecule has 0 atom stereocenters. The molecule has 0 bridgehead atoms. The first-order chi connectivity index (χ1) is 8.25. The van der Waals surface area contributed by atoms with Gasteiger partial charge in [0.05, 0.1) is 0 Å². The molecule has 1 heterocycles. The van der Waals surface area contributed by atoms with Crippen molar-refractivity contribution in [3.8, 4) is 5.75 Å². The molecule has 86 valence electrons. The third-order valence-electron chi connectivity index (χ3n) is 2.25. The summed E-state index contributed by atoms with van der Waals surface area (Å²) in [7, 11) is 0. The Morgan fingerprint density at radius 1 is 1.29 bits per heavy atom. The van der Waals surface area contributed by atoms with E-state index in [-0.39, 0.29) is 0 Å². The van der Waals surface area contributed by atoms with Crippen LogP contribution in [0, 0.1) is 0 Å². The number of rotatable bonds is 4. The summed E-state index contributed by atoms with van der Waals surface area (Å²) in [6.45, 7) is 0.413. The monoisotopic (exact) mass is 228 g/mol. The minimum Gasteiger partial charge on any atom is -0.489 e. The molecule has 17 heavy (non-hydrogen) atoms. The van der Waals surface area contributed by atoms with Gasteiger partial charge in [-0.15, -0.1) is 0 Å². The summed E-state index contributed by atoms with van der Waals surface area (Å²) < 4.78 is 5.54. The SMILES string of the molecule is NC(=O)c1cccc(OCc2cccnc2)c1. The number of hydrogen-bond donors (Lipinski definition) is 1. The molecule has 0 aliphatic carbocycles. The molecule has 4 heteroatoms. The molecule has 2 aromatic rings. The average Bonchev–Trinajstić information content (AvgIpc) is 2.38. The molecule has 4 nitrogen and oxygen atoms in total. The Morgan fingerprint density at radius 3 is 2.88 bits per heavy atom. The van der Waals surface area contributed by atoms with Gasteiger partial charge >= 0.3 is 0 Å². The van der Waals surface area contributed by atoms with Gasteiger partial charge in [0, 0.05) is 23.5 Å². The quantitative estimate of drug-likeness (QED) is 0.867. The maximum atomic E-state index is 11.0. The number of amides is 1. The fourth-order valence-corrected chi connectivity index (χ4v) is 1.39. The summed E-state index contributed by atoms with van der Waals surface area (Å²) in [5.41, 5.74) is 6.59. The molecule has 0 spiro atoms. The predicted molar refractivity (Wildman–Crippen MR) is 63.5 cm³/mol. The maximum absolute atomic E-state index is 11.0. The largest absolute Gasteiger partial charge is 0.489 e. The molecule has 0 saturated heterocycles. The molecule has 2 rings (SSSR count). The summed E-state index contributed by atoms with van der Waals surface area (Å²) in [4.78, 5) is 15.0. The third-order valence-corrected chi connectivity index (χ3v) is 2.25. The molecule has 0 aliphatic rings. The number of ether oxygens (including phenoxy) is 1. The molecule has 0 radical (unpaired) electrons. The highest BCUT2D eigenvalue weighted by atomic mass is 16.5. The van der Waals surface area contributed by atoms with Crippen LogP contribution in [0.5, 0.6) is 5.75 Å². The van der Waals surface area contributed by atoms with Crippen molar-refractivity contribution < 1.29 is 9.53 Å². The number of benzene rings is 1. The Kier molecular flexibility index (Phi) is 3.35. The minimum atomic E-state index is -0.461. The maximum Gasteiger partial charge on any atom is 0.248 e. The lowest BCUT2D eigenvalue weighted by molar-refractivity contribution is 0.1000. The Hall–Kier alpha value is -2.36. The summed E-state index contributed by atoms with van der Waals surface area (Å²) >= 11 is 0. The molecule has 2 N–H and O–H groups in total. The van der Waals surface area contributed by atoms with Gasteiger partial charge in [0.1, 0.15) is 12.4 Å². The van der Waals surface area contributed by atoms with Gasteiger partial charge in [-0.05, 0) is 24.3 Å². The highest BCUT2D eigenvalue weighted by Crippen LogP contribution is 2.14. The van der Waals surface area contributed by atoms with Crippen LogP contribution in [-0.2, 0) is 6.61 Å². The van der Waals surface area contributed by atoms with Crippen molar-refractivity contribution >= 4 is 5.91 Å². The van der Waals surface area contributed by atoms with Gasteiger partial charge in [-0.2, -0.15) is 0 Å². The zero-order valence-electron chi connectivity index (χ0n) is 9.17. The van der Waals surface area contributed by atoms with Gasteiger partial charge in [0.25, 0.3) is 0 Å². The molecule has 0 saturated carbocycles. The number of primary amides is 1. The van der Waals surface area contributed by atoms with E-state index in [4.69, 9.17) is 10.5 Å². The van der Waals surface area contributed by atoms with E-state index in [0.29, 0.717) is 17.9 Å². The van der Waals surface area contributed by atoms with Crippen LogP contribution in [0.1, 0.15) is 15.9 Å². The number of carbonyl (C=O) groups excluding carboxylic acids is 1. The molecular weight excluding hydrogens is 216 g/mol. The van der Waals surface area contributed by atoms with E-state index < -0.39 is 5.91 Å². The van der Waals surface area contributed by atoms with E-state index in [1.807, 2.05) is 12.1 Å². The average molecular weight is 228 g/mol. The second-order valence-corrected chi connectivity index (χ2v) is 3.54. The number of hydrogen-bond acceptors (Lipinski definition) is 3. The highest BCUT2D eigenvalue weighted by molar-refractivity contribution is 5.93. The van der Waals surface area contributed by atoms with Crippen molar-refractivity contribution in [3.05, 3.63) is 59.9 Å². The van der Waals surface area contributed by atoms with Crippen LogP contribution in [-0.4, -0.2) is 10.9 Å². The smallest absolute Gasteiger partial charge is 0.248 e. The minimum absolute atomic E-state index is 0.413. The normalized spacial score (nSPS) is 9.88. The zero-order chi connectivity index (χ0) is 12.1. The second-order valence-electron chi connectivity index (χ2n) is 3.54. The third kappa shape index (κ3) is 3.04. The van der Waals surface area contributed by atoms with E-state index in [0.717, 1.165) is 5.56 Å². The van der Waals surface area contributed by atoms with Crippen LogP contribution < -0.4 is 10.5 Å². The lowest BCUT2D eigenvalue weighted by Crippen LogP contribution is -2.10. The van der Waals surface area contributed by atoms with Crippen molar-refractivity contribution in [1.82, 2.24) is 4.98 Å². The summed E-state index contributed by atoms with van der Waals surface area (Å²) in [5, 5.41) is 0. The molecule has 1 amide bonds. The van der Waals surface area contributed by atoms with Crippen molar-refractivity contribution in [1.29, 1.82) is 0 Å². The number of nitrogens with zero attached hydrogens (tertiary/aromatic N) is 1. The van der Waals surface area contributed by atoms with Gasteiger partial charge in [-0.25, -0.2) is 0 Å². The number of pyridine rings is 1. The highest BCUT2D eigenvalue weighted by Gasteiger charge is 2.02. The van der Waals surface area contributed by atoms with Gasteiger partial charge in [0.15, 0.2) is 0 Å². The van der Waals surface area contributed by atoms with Crippen LogP contribution >= 0.6 is 0 Å². The zero-order valence-corrected chi connectivity index (χ0v) is 9.17. The number of carbonyl (C=O) groups is 1. The van der Waals surface area contributed by atoms with E-state index in [2.05, 4.69) is 4.98 Å². The molecule has 1 aromatic carbocycles. The predicted octanol–water partition coefficient (Wildman–Crippen LogP) is 1.76. The van der Waals surface area contributed by atoms with E-state index in [9.17, 15) is 4.79 Å². The molecule has 1 aromatic heterocycles. The molecule has 0 aliphatic heterocycles. The van der Waals surface area contributed by atoms with E-state index in [1.165, 1.54) is 0 Å². The second kappa shape index (κ2) is 5.12. The first-order valence-electron chi connectivity index (χ1n) is 5.17. The standard InChI is InChI=1S/C13H12N2O2/c14-13(16)11-4-1-5-12(7-11)17-9-10-3-2-6-15-8-10/h1-8H,9H2,(H2,14,16). The molecule has 0 unspecified atom stereocenters. The molecule has 0 fully saturated rings. The summed E-state index contributed by atoms with van der Waals surface area (Å²) in [5.74, 6) is 0.155. The van der Waals surface area contributed by atoms with Crippen LogP contribution in [0.2, 0.25) is 0 Å². The van der Waals surface area contributed by atoms with E-state index >= 15 is 0 Å². The van der Waals surface area contributed by atoms with Gasteiger partial charge in [-0.1, -0.05) is 12.1 Å². The molecular formula is C13H12N2O2. The fourth-order valence-electron chi connectivity index (χ4n) is 1.39.